The van der Waals surface area contributed by atoms with E-state index in [1.54, 1.807) is 17.7 Å². The maximum Gasteiger partial charge on any atom is 0.266 e. The number of fused-ring (bicyclic) bond motifs is 1. The molecule has 1 aromatic heterocycles. The number of para-hydroxylation sites is 3. The molecular weight excluding hydrogens is 422 g/mol. The Morgan fingerprint density at radius 2 is 1.75 bits per heavy atom. The lowest BCUT2D eigenvalue weighted by Crippen LogP contribution is -2.26. The highest BCUT2D eigenvalue weighted by Crippen LogP contribution is 2.23. The van der Waals surface area contributed by atoms with E-state index < -0.39 is 0 Å². The Kier molecular flexibility index (Phi) is 6.56. The van der Waals surface area contributed by atoms with Crippen molar-refractivity contribution in [3.05, 3.63) is 94.3 Å². The third kappa shape index (κ3) is 4.53. The van der Waals surface area contributed by atoms with Gasteiger partial charge in [-0.15, -0.1) is 0 Å². The van der Waals surface area contributed by atoms with Crippen molar-refractivity contribution in [1.82, 2.24) is 14.9 Å². The first kappa shape index (κ1) is 21.6. The number of ether oxygens (including phenoxy) is 1. The van der Waals surface area contributed by atoms with Crippen LogP contribution in [0.1, 0.15) is 11.1 Å². The lowest BCUT2D eigenvalue weighted by Gasteiger charge is -2.15. The zero-order chi connectivity index (χ0) is 22.5. The van der Waals surface area contributed by atoms with E-state index >= 15 is 0 Å². The molecular formula is C25H23N3O3S. The van der Waals surface area contributed by atoms with E-state index in [2.05, 4.69) is 5.32 Å². The molecule has 6 nitrogen and oxygen atoms in total. The topological polar surface area (TPSA) is 73.2 Å². The average molecular weight is 446 g/mol. The summed E-state index contributed by atoms with van der Waals surface area (Å²) in [7, 11) is 1.60. The zero-order valence-electron chi connectivity index (χ0n) is 17.9. The molecule has 0 unspecified atom stereocenters. The Morgan fingerprint density at radius 3 is 2.56 bits per heavy atom. The smallest absolute Gasteiger partial charge is 0.266 e. The predicted octanol–water partition coefficient (Wildman–Crippen LogP) is 4.11. The number of carbonyl (C=O) groups excluding carboxylic acids is 1. The van der Waals surface area contributed by atoms with Crippen LogP contribution in [0.3, 0.4) is 0 Å². The van der Waals surface area contributed by atoms with E-state index in [1.807, 2.05) is 73.7 Å². The second kappa shape index (κ2) is 9.70. The molecule has 0 aliphatic rings. The first-order chi connectivity index (χ1) is 15.6. The van der Waals surface area contributed by atoms with E-state index in [0.717, 1.165) is 22.6 Å². The molecule has 0 saturated carbocycles. The van der Waals surface area contributed by atoms with Gasteiger partial charge in [0.2, 0.25) is 5.91 Å². The van der Waals surface area contributed by atoms with Crippen molar-refractivity contribution < 1.29 is 9.53 Å². The summed E-state index contributed by atoms with van der Waals surface area (Å²) in [6.45, 7) is 2.31. The van der Waals surface area contributed by atoms with Gasteiger partial charge in [-0.2, -0.15) is 0 Å². The lowest BCUT2D eigenvalue weighted by atomic mass is 10.2. The highest BCUT2D eigenvalue weighted by molar-refractivity contribution is 7.99. The first-order valence-corrected chi connectivity index (χ1v) is 11.2. The molecule has 1 heterocycles. The van der Waals surface area contributed by atoms with E-state index in [4.69, 9.17) is 9.72 Å². The molecule has 0 saturated heterocycles. The lowest BCUT2D eigenvalue weighted by molar-refractivity contribution is -0.118. The Hall–Kier alpha value is -3.58. The van der Waals surface area contributed by atoms with Crippen LogP contribution in [0.15, 0.2) is 82.7 Å². The summed E-state index contributed by atoms with van der Waals surface area (Å²) >= 11 is 1.24. The maximum atomic E-state index is 13.3. The molecule has 162 valence electrons. The number of hydrogen-bond donors (Lipinski definition) is 1. The van der Waals surface area contributed by atoms with Crippen LogP contribution in [-0.4, -0.2) is 28.3 Å². The molecule has 0 radical (unpaired) electrons. The molecule has 1 amide bonds. The number of benzene rings is 3. The minimum absolute atomic E-state index is 0.131. The number of thioether (sulfide) groups is 1. The van der Waals surface area contributed by atoms with Gasteiger partial charge in [0.15, 0.2) is 5.16 Å². The van der Waals surface area contributed by atoms with E-state index in [-0.39, 0.29) is 17.2 Å². The van der Waals surface area contributed by atoms with Crippen LogP contribution < -0.4 is 15.6 Å². The van der Waals surface area contributed by atoms with E-state index in [0.29, 0.717) is 22.6 Å². The van der Waals surface area contributed by atoms with Crippen molar-refractivity contribution in [2.45, 2.75) is 18.6 Å². The van der Waals surface area contributed by atoms with Gasteiger partial charge in [0, 0.05) is 12.1 Å². The van der Waals surface area contributed by atoms with Crippen molar-refractivity contribution in [3.63, 3.8) is 0 Å². The van der Waals surface area contributed by atoms with Crippen LogP contribution >= 0.6 is 11.8 Å². The van der Waals surface area contributed by atoms with Crippen molar-refractivity contribution in [2.24, 2.45) is 0 Å². The van der Waals surface area contributed by atoms with Gasteiger partial charge in [-0.1, -0.05) is 60.3 Å². The number of methoxy groups -OCH3 is 1. The average Bonchev–Trinajstić information content (AvgIpc) is 2.82. The number of nitrogens with one attached hydrogen (secondary N) is 1. The zero-order valence-corrected chi connectivity index (χ0v) is 18.7. The minimum atomic E-state index is -0.153. The van der Waals surface area contributed by atoms with Gasteiger partial charge >= 0.3 is 0 Å². The molecule has 0 aliphatic carbocycles. The molecule has 7 heteroatoms. The minimum Gasteiger partial charge on any atom is -0.496 e. The fraction of sp³-hybridized carbons (Fsp3) is 0.160. The molecule has 0 atom stereocenters. The molecule has 32 heavy (non-hydrogen) atoms. The molecule has 4 rings (SSSR count). The molecule has 1 N–H and O–H groups in total. The predicted molar refractivity (Wildman–Crippen MR) is 128 cm³/mol. The van der Waals surface area contributed by atoms with Crippen LogP contribution in [0.2, 0.25) is 0 Å². The highest BCUT2D eigenvalue weighted by atomic mass is 32.2. The van der Waals surface area contributed by atoms with Crippen molar-refractivity contribution >= 4 is 28.6 Å². The van der Waals surface area contributed by atoms with Crippen molar-refractivity contribution in [2.75, 3.05) is 12.9 Å². The Bertz CT molecular complexity index is 1330. The number of rotatable bonds is 7. The van der Waals surface area contributed by atoms with Crippen LogP contribution in [-0.2, 0) is 11.3 Å². The van der Waals surface area contributed by atoms with Crippen LogP contribution in [0.5, 0.6) is 5.75 Å². The van der Waals surface area contributed by atoms with Crippen LogP contribution in [0.25, 0.3) is 16.6 Å². The second-order valence-corrected chi connectivity index (χ2v) is 8.16. The van der Waals surface area contributed by atoms with Crippen molar-refractivity contribution in [1.29, 1.82) is 0 Å². The Labute approximate surface area is 190 Å². The number of aromatic nitrogens is 2. The number of aryl methyl sites for hydroxylation is 1. The third-order valence-corrected chi connectivity index (χ3v) is 6.04. The molecule has 3 aromatic carbocycles. The first-order valence-electron chi connectivity index (χ1n) is 10.2. The summed E-state index contributed by atoms with van der Waals surface area (Å²) < 4.78 is 6.93. The molecule has 0 bridgehead atoms. The molecule has 0 spiro atoms. The summed E-state index contributed by atoms with van der Waals surface area (Å²) in [6.07, 6.45) is 0. The van der Waals surface area contributed by atoms with E-state index in [1.165, 1.54) is 11.8 Å². The van der Waals surface area contributed by atoms with Gasteiger partial charge in [-0.25, -0.2) is 4.98 Å². The quantitative estimate of drug-likeness (QED) is 0.342. The van der Waals surface area contributed by atoms with Crippen LogP contribution in [0, 0.1) is 6.92 Å². The SMILES string of the molecule is COc1ccccc1CNC(=O)CSc1nc2ccccc2c(=O)n1-c1ccccc1C. The summed E-state index contributed by atoms with van der Waals surface area (Å²) in [6, 6.07) is 22.5. The number of hydrogen-bond acceptors (Lipinski definition) is 5. The van der Waals surface area contributed by atoms with Gasteiger partial charge in [0.1, 0.15) is 5.75 Å². The highest BCUT2D eigenvalue weighted by Gasteiger charge is 2.16. The molecule has 0 fully saturated rings. The number of carbonyl (C=O) groups is 1. The van der Waals surface area contributed by atoms with Gasteiger partial charge in [0.25, 0.3) is 5.56 Å². The van der Waals surface area contributed by atoms with E-state index in [9.17, 15) is 9.59 Å². The molecule has 4 aromatic rings. The number of nitrogens with zero attached hydrogens (tertiary/aromatic N) is 2. The van der Waals surface area contributed by atoms with Gasteiger partial charge in [0.05, 0.1) is 29.5 Å². The Morgan fingerprint density at radius 1 is 1.03 bits per heavy atom. The normalized spacial score (nSPS) is 10.8. The van der Waals surface area contributed by atoms with Crippen LogP contribution in [0.4, 0.5) is 0 Å². The van der Waals surface area contributed by atoms with Gasteiger partial charge < -0.3 is 10.1 Å². The van der Waals surface area contributed by atoms with Crippen molar-refractivity contribution in [3.8, 4) is 11.4 Å². The number of amides is 1. The summed E-state index contributed by atoms with van der Waals surface area (Å²) in [4.78, 5) is 30.6. The van der Waals surface area contributed by atoms with Gasteiger partial charge in [-0.05, 0) is 36.8 Å². The monoisotopic (exact) mass is 445 g/mol. The fourth-order valence-corrected chi connectivity index (χ4v) is 4.30. The maximum absolute atomic E-state index is 13.3. The molecule has 0 aliphatic heterocycles. The Balaban J connectivity index is 1.60. The standard InChI is InChI=1S/C25H23N3O3S/c1-17-9-3-7-13-21(17)28-24(30)19-11-5-6-12-20(19)27-25(28)32-16-23(29)26-15-18-10-4-8-14-22(18)31-2/h3-14H,15-16H2,1-2H3,(H,26,29). The third-order valence-electron chi connectivity index (χ3n) is 5.10. The second-order valence-electron chi connectivity index (χ2n) is 7.22. The summed E-state index contributed by atoms with van der Waals surface area (Å²) in [5.41, 5.74) is 3.07. The largest absolute Gasteiger partial charge is 0.496 e. The van der Waals surface area contributed by atoms with Gasteiger partial charge in [-0.3, -0.25) is 14.2 Å². The fourth-order valence-electron chi connectivity index (χ4n) is 3.46. The summed E-state index contributed by atoms with van der Waals surface area (Å²) in [5.74, 6) is 0.705. The summed E-state index contributed by atoms with van der Waals surface area (Å²) in [5, 5.41) is 3.94.